The van der Waals surface area contributed by atoms with Crippen molar-refractivity contribution in [3.8, 4) is 5.69 Å². The molecule has 6 nitrogen and oxygen atoms in total. The Morgan fingerprint density at radius 3 is 2.67 bits per heavy atom. The quantitative estimate of drug-likeness (QED) is 0.845. The van der Waals surface area contributed by atoms with Gasteiger partial charge in [0.05, 0.1) is 11.7 Å². The monoisotopic (exact) mass is 309 g/mol. The Hall–Kier alpha value is -1.92. The summed E-state index contributed by atoms with van der Waals surface area (Å²) < 4.78 is 1.68. The maximum atomic E-state index is 11.7. The summed E-state index contributed by atoms with van der Waals surface area (Å²) in [5.74, 6) is -0.104. The molecule has 1 aromatic heterocycles. The van der Waals surface area contributed by atoms with E-state index in [9.17, 15) is 4.79 Å². The number of benzene rings is 1. The van der Waals surface area contributed by atoms with Crippen LogP contribution in [0.3, 0.4) is 0 Å². The van der Waals surface area contributed by atoms with Crippen LogP contribution in [0.1, 0.15) is 25.3 Å². The van der Waals surface area contributed by atoms with Gasteiger partial charge in [0, 0.05) is 6.54 Å². The summed E-state index contributed by atoms with van der Waals surface area (Å²) in [4.78, 5) is 15.6. The van der Waals surface area contributed by atoms with E-state index in [1.165, 1.54) is 6.33 Å². The number of nitrogens with two attached hydrogens (primary N) is 1. The molecule has 2 aromatic rings. The Morgan fingerprint density at radius 2 is 2.10 bits per heavy atom. The topological polar surface area (TPSA) is 85.8 Å². The molecule has 1 unspecified atom stereocenters. The van der Waals surface area contributed by atoms with Gasteiger partial charge in [-0.05, 0) is 24.1 Å². The normalized spacial score (nSPS) is 11.5. The van der Waals surface area contributed by atoms with Crippen LogP contribution >= 0.6 is 12.4 Å². The molecule has 7 heteroatoms. The zero-order valence-corrected chi connectivity index (χ0v) is 12.7. The fourth-order valence-corrected chi connectivity index (χ4v) is 1.87. The predicted octanol–water partition coefficient (Wildman–Crippen LogP) is 1.43. The Kier molecular flexibility index (Phi) is 6.84. The van der Waals surface area contributed by atoms with E-state index in [0.29, 0.717) is 13.0 Å². The van der Waals surface area contributed by atoms with Crippen molar-refractivity contribution < 1.29 is 4.79 Å². The largest absolute Gasteiger partial charge is 0.351 e. The number of hydrogen-bond donors (Lipinski definition) is 2. The number of halogens is 1. The Balaban J connectivity index is 0.00000220. The van der Waals surface area contributed by atoms with Crippen molar-refractivity contribution in [2.45, 2.75) is 32.4 Å². The number of nitrogens with one attached hydrogen (secondary N) is 1. The third-order valence-electron chi connectivity index (χ3n) is 3.02. The lowest BCUT2D eigenvalue weighted by molar-refractivity contribution is -0.122. The molecule has 0 radical (unpaired) electrons. The third kappa shape index (κ3) is 4.84. The van der Waals surface area contributed by atoms with Gasteiger partial charge in [-0.15, -0.1) is 12.4 Å². The van der Waals surface area contributed by atoms with Gasteiger partial charge in [0.25, 0.3) is 0 Å². The van der Waals surface area contributed by atoms with E-state index in [1.807, 2.05) is 31.2 Å². The van der Waals surface area contributed by atoms with Gasteiger partial charge in [0.15, 0.2) is 0 Å². The van der Waals surface area contributed by atoms with E-state index in [4.69, 9.17) is 5.73 Å². The molecule has 0 saturated carbocycles. The van der Waals surface area contributed by atoms with Gasteiger partial charge in [-0.3, -0.25) is 4.79 Å². The number of amides is 1. The molecule has 0 fully saturated rings. The van der Waals surface area contributed by atoms with E-state index >= 15 is 0 Å². The van der Waals surface area contributed by atoms with Crippen LogP contribution in [0.15, 0.2) is 36.9 Å². The van der Waals surface area contributed by atoms with E-state index in [0.717, 1.165) is 17.7 Å². The van der Waals surface area contributed by atoms with Gasteiger partial charge in [-0.25, -0.2) is 9.67 Å². The number of carbonyl (C=O) groups excluding carboxylic acids is 1. The van der Waals surface area contributed by atoms with Crippen molar-refractivity contribution in [1.82, 2.24) is 20.1 Å². The summed E-state index contributed by atoms with van der Waals surface area (Å²) in [6, 6.07) is 7.34. The molecule has 0 saturated heterocycles. The molecule has 0 bridgehead atoms. The lowest BCUT2D eigenvalue weighted by atomic mass is 10.1. The molecule has 1 aromatic carbocycles. The molecule has 21 heavy (non-hydrogen) atoms. The Bertz CT molecular complexity index is 541. The van der Waals surface area contributed by atoms with Gasteiger partial charge >= 0.3 is 0 Å². The SMILES string of the molecule is CCCC(N)C(=O)NCc1ccc(-n2cncn2)cc1.Cl. The van der Waals surface area contributed by atoms with Gasteiger partial charge in [0.1, 0.15) is 12.7 Å². The van der Waals surface area contributed by atoms with Crippen LogP contribution < -0.4 is 11.1 Å². The van der Waals surface area contributed by atoms with Gasteiger partial charge in [-0.1, -0.05) is 25.5 Å². The van der Waals surface area contributed by atoms with Crippen LogP contribution in [-0.2, 0) is 11.3 Å². The second kappa shape index (κ2) is 8.39. The van der Waals surface area contributed by atoms with Crippen LogP contribution in [0, 0.1) is 0 Å². The van der Waals surface area contributed by atoms with E-state index in [-0.39, 0.29) is 18.3 Å². The van der Waals surface area contributed by atoms with Gasteiger partial charge in [-0.2, -0.15) is 5.10 Å². The average molecular weight is 310 g/mol. The second-order valence-electron chi connectivity index (χ2n) is 4.62. The van der Waals surface area contributed by atoms with Crippen molar-refractivity contribution in [3.05, 3.63) is 42.5 Å². The number of hydrogen-bond acceptors (Lipinski definition) is 4. The molecule has 1 heterocycles. The first kappa shape index (κ1) is 17.1. The van der Waals surface area contributed by atoms with Gasteiger partial charge < -0.3 is 11.1 Å². The fourth-order valence-electron chi connectivity index (χ4n) is 1.87. The summed E-state index contributed by atoms with van der Waals surface area (Å²) in [6.45, 7) is 2.49. The van der Waals surface area contributed by atoms with Crippen LogP contribution in [0.25, 0.3) is 5.69 Å². The summed E-state index contributed by atoms with van der Waals surface area (Å²) in [6.07, 6.45) is 4.74. The van der Waals surface area contributed by atoms with E-state index in [2.05, 4.69) is 15.4 Å². The van der Waals surface area contributed by atoms with Crippen molar-refractivity contribution in [3.63, 3.8) is 0 Å². The maximum Gasteiger partial charge on any atom is 0.237 e. The van der Waals surface area contributed by atoms with Crippen LogP contribution in [-0.4, -0.2) is 26.7 Å². The highest BCUT2D eigenvalue weighted by molar-refractivity contribution is 5.85. The van der Waals surface area contributed by atoms with Crippen molar-refractivity contribution in [2.24, 2.45) is 5.73 Å². The summed E-state index contributed by atoms with van der Waals surface area (Å²) >= 11 is 0. The minimum atomic E-state index is -0.422. The number of carbonyl (C=O) groups is 1. The summed E-state index contributed by atoms with van der Waals surface area (Å²) in [5.41, 5.74) is 7.70. The minimum absolute atomic E-state index is 0. The smallest absolute Gasteiger partial charge is 0.237 e. The van der Waals surface area contributed by atoms with Crippen LogP contribution in [0.4, 0.5) is 0 Å². The van der Waals surface area contributed by atoms with Crippen LogP contribution in [0.5, 0.6) is 0 Å². The standard InChI is InChI=1S/C14H19N5O.ClH/c1-2-3-13(15)14(20)17-8-11-4-6-12(7-5-11)19-10-16-9-18-19;/h4-7,9-10,13H,2-3,8,15H2,1H3,(H,17,20);1H. The van der Waals surface area contributed by atoms with Gasteiger partial charge in [0.2, 0.25) is 5.91 Å². The third-order valence-corrected chi connectivity index (χ3v) is 3.02. The van der Waals surface area contributed by atoms with E-state index in [1.54, 1.807) is 11.0 Å². The average Bonchev–Trinajstić information content (AvgIpc) is 2.99. The lowest BCUT2D eigenvalue weighted by Gasteiger charge is -2.11. The molecule has 2 rings (SSSR count). The molecule has 0 aliphatic carbocycles. The summed E-state index contributed by atoms with van der Waals surface area (Å²) in [5, 5.41) is 6.89. The summed E-state index contributed by atoms with van der Waals surface area (Å²) in [7, 11) is 0. The predicted molar refractivity (Wildman–Crippen MR) is 83.3 cm³/mol. The molecule has 3 N–H and O–H groups in total. The first-order valence-electron chi connectivity index (χ1n) is 6.68. The Morgan fingerprint density at radius 1 is 1.38 bits per heavy atom. The number of nitrogens with zero attached hydrogens (tertiary/aromatic N) is 3. The first-order valence-corrected chi connectivity index (χ1v) is 6.68. The zero-order chi connectivity index (χ0) is 14.4. The fraction of sp³-hybridized carbons (Fsp3) is 0.357. The van der Waals surface area contributed by atoms with Crippen molar-refractivity contribution >= 4 is 18.3 Å². The number of aromatic nitrogens is 3. The molecule has 114 valence electrons. The molecule has 0 aliphatic heterocycles. The Labute approximate surface area is 130 Å². The lowest BCUT2D eigenvalue weighted by Crippen LogP contribution is -2.40. The van der Waals surface area contributed by atoms with Crippen molar-refractivity contribution in [2.75, 3.05) is 0 Å². The highest BCUT2D eigenvalue weighted by Crippen LogP contribution is 2.08. The first-order chi connectivity index (χ1) is 9.70. The molecule has 1 amide bonds. The van der Waals surface area contributed by atoms with Crippen molar-refractivity contribution in [1.29, 1.82) is 0 Å². The van der Waals surface area contributed by atoms with E-state index < -0.39 is 6.04 Å². The maximum absolute atomic E-state index is 11.7. The zero-order valence-electron chi connectivity index (χ0n) is 11.9. The minimum Gasteiger partial charge on any atom is -0.351 e. The molecular formula is C14H20ClN5O. The van der Waals surface area contributed by atoms with Crippen LogP contribution in [0.2, 0.25) is 0 Å². The molecular weight excluding hydrogens is 290 g/mol. The highest BCUT2D eigenvalue weighted by Gasteiger charge is 2.11. The molecule has 0 aliphatic rings. The number of rotatable bonds is 6. The highest BCUT2D eigenvalue weighted by atomic mass is 35.5. The molecule has 0 spiro atoms. The molecule has 1 atom stereocenters. The second-order valence-corrected chi connectivity index (χ2v) is 4.62.